The van der Waals surface area contributed by atoms with E-state index in [1.54, 1.807) is 27.9 Å². The summed E-state index contributed by atoms with van der Waals surface area (Å²) in [6.07, 6.45) is 4.48. The highest BCUT2D eigenvalue weighted by molar-refractivity contribution is 5.93. The highest BCUT2D eigenvalue weighted by Crippen LogP contribution is 2.23. The summed E-state index contributed by atoms with van der Waals surface area (Å²) in [4.78, 5) is 18.9. The van der Waals surface area contributed by atoms with E-state index in [-0.39, 0.29) is 11.9 Å². The maximum absolute atomic E-state index is 12.6. The number of aromatic nitrogens is 3. The van der Waals surface area contributed by atoms with Gasteiger partial charge in [0.25, 0.3) is 5.91 Å². The average molecular weight is 308 g/mol. The molecule has 0 aliphatic rings. The lowest BCUT2D eigenvalue weighted by Crippen LogP contribution is -2.35. The monoisotopic (exact) mass is 308 g/mol. The molecule has 0 saturated carbocycles. The summed E-state index contributed by atoms with van der Waals surface area (Å²) in [7, 11) is 1.82. The van der Waals surface area contributed by atoms with Crippen molar-refractivity contribution in [3.63, 3.8) is 0 Å². The van der Waals surface area contributed by atoms with Crippen molar-refractivity contribution in [1.82, 2.24) is 19.5 Å². The molecule has 0 saturated heterocycles. The van der Waals surface area contributed by atoms with E-state index in [4.69, 9.17) is 0 Å². The van der Waals surface area contributed by atoms with Gasteiger partial charge in [0.1, 0.15) is 5.69 Å². The number of benzene rings is 1. The summed E-state index contributed by atoms with van der Waals surface area (Å²) < 4.78 is 1.70. The Morgan fingerprint density at radius 3 is 2.70 bits per heavy atom. The minimum atomic E-state index is -0.0675. The molecule has 0 radical (unpaired) electrons. The highest BCUT2D eigenvalue weighted by atomic mass is 16.2. The number of hydrogen-bond donors (Lipinski definition) is 0. The van der Waals surface area contributed by atoms with Crippen LogP contribution in [-0.4, -0.2) is 38.5 Å². The Morgan fingerprint density at radius 1 is 1.26 bits per heavy atom. The second kappa shape index (κ2) is 6.20. The van der Waals surface area contributed by atoms with E-state index in [0.29, 0.717) is 11.3 Å². The van der Waals surface area contributed by atoms with E-state index in [1.165, 1.54) is 0 Å². The van der Waals surface area contributed by atoms with Crippen LogP contribution in [0.5, 0.6) is 0 Å². The van der Waals surface area contributed by atoms with Crippen LogP contribution < -0.4 is 0 Å². The first kappa shape index (κ1) is 15.2. The van der Waals surface area contributed by atoms with E-state index in [2.05, 4.69) is 17.0 Å². The summed E-state index contributed by atoms with van der Waals surface area (Å²) >= 11 is 0. The van der Waals surface area contributed by atoms with Gasteiger partial charge in [-0.25, -0.2) is 9.50 Å². The molecule has 1 atom stereocenters. The molecule has 23 heavy (non-hydrogen) atoms. The molecule has 0 fully saturated rings. The average Bonchev–Trinajstić information content (AvgIpc) is 3.03. The molecule has 0 aliphatic heterocycles. The van der Waals surface area contributed by atoms with Gasteiger partial charge in [-0.15, -0.1) is 0 Å². The van der Waals surface area contributed by atoms with Crippen LogP contribution >= 0.6 is 0 Å². The van der Waals surface area contributed by atoms with E-state index >= 15 is 0 Å². The standard InChI is InChI=1S/C18H20N4O/c1-4-13(2)21(3)18(23)16-10-11-22-17(20-16)15(12-19-22)14-8-6-5-7-9-14/h5-13H,4H2,1-3H3. The minimum Gasteiger partial charge on any atom is -0.338 e. The van der Waals surface area contributed by atoms with Gasteiger partial charge in [0, 0.05) is 24.8 Å². The number of carbonyl (C=O) groups is 1. The fourth-order valence-electron chi connectivity index (χ4n) is 2.46. The number of amides is 1. The van der Waals surface area contributed by atoms with Gasteiger partial charge in [-0.2, -0.15) is 5.10 Å². The smallest absolute Gasteiger partial charge is 0.272 e. The summed E-state index contributed by atoms with van der Waals surface area (Å²) in [5.74, 6) is -0.0675. The molecule has 2 aromatic heterocycles. The van der Waals surface area contributed by atoms with Gasteiger partial charge in [0.05, 0.1) is 6.20 Å². The normalized spacial score (nSPS) is 12.3. The number of carbonyl (C=O) groups excluding carboxylic acids is 1. The van der Waals surface area contributed by atoms with Crippen molar-refractivity contribution in [2.45, 2.75) is 26.3 Å². The van der Waals surface area contributed by atoms with Crippen LogP contribution in [0.3, 0.4) is 0 Å². The van der Waals surface area contributed by atoms with E-state index in [9.17, 15) is 4.79 Å². The first-order valence-electron chi connectivity index (χ1n) is 7.78. The quantitative estimate of drug-likeness (QED) is 0.743. The van der Waals surface area contributed by atoms with Crippen LogP contribution in [0, 0.1) is 0 Å². The Balaban J connectivity index is 2.03. The van der Waals surface area contributed by atoms with Crippen molar-refractivity contribution in [3.8, 4) is 11.1 Å². The molecular weight excluding hydrogens is 288 g/mol. The van der Waals surface area contributed by atoms with Crippen molar-refractivity contribution in [3.05, 3.63) is 54.5 Å². The molecule has 1 aromatic carbocycles. The van der Waals surface area contributed by atoms with Gasteiger partial charge < -0.3 is 4.90 Å². The molecule has 0 aliphatic carbocycles. The van der Waals surface area contributed by atoms with Crippen molar-refractivity contribution in [2.75, 3.05) is 7.05 Å². The first-order valence-corrected chi connectivity index (χ1v) is 7.78. The number of fused-ring (bicyclic) bond motifs is 1. The minimum absolute atomic E-state index is 0.0675. The van der Waals surface area contributed by atoms with Gasteiger partial charge in [0.2, 0.25) is 0 Å². The lowest BCUT2D eigenvalue weighted by atomic mass is 10.1. The number of rotatable bonds is 4. The van der Waals surface area contributed by atoms with Gasteiger partial charge in [-0.1, -0.05) is 37.3 Å². The van der Waals surface area contributed by atoms with Crippen LogP contribution in [0.1, 0.15) is 30.8 Å². The number of nitrogens with zero attached hydrogens (tertiary/aromatic N) is 4. The maximum atomic E-state index is 12.6. The fraction of sp³-hybridized carbons (Fsp3) is 0.278. The Kier molecular flexibility index (Phi) is 4.10. The van der Waals surface area contributed by atoms with Crippen LogP contribution in [-0.2, 0) is 0 Å². The molecule has 1 amide bonds. The summed E-state index contributed by atoms with van der Waals surface area (Å²) in [6, 6.07) is 11.8. The van der Waals surface area contributed by atoms with Crippen molar-refractivity contribution in [1.29, 1.82) is 0 Å². The predicted molar refractivity (Wildman–Crippen MR) is 90.3 cm³/mol. The summed E-state index contributed by atoms with van der Waals surface area (Å²) in [6.45, 7) is 4.10. The molecule has 0 spiro atoms. The molecule has 118 valence electrons. The Morgan fingerprint density at radius 2 is 2.00 bits per heavy atom. The molecule has 0 N–H and O–H groups in total. The largest absolute Gasteiger partial charge is 0.338 e. The zero-order chi connectivity index (χ0) is 16.4. The molecule has 3 aromatic rings. The third kappa shape index (κ3) is 2.82. The molecule has 5 nitrogen and oxygen atoms in total. The Labute approximate surface area is 135 Å². The van der Waals surface area contributed by atoms with Crippen LogP contribution in [0.4, 0.5) is 0 Å². The Bertz CT molecular complexity index is 825. The lowest BCUT2D eigenvalue weighted by Gasteiger charge is -2.23. The zero-order valence-corrected chi connectivity index (χ0v) is 13.6. The first-order chi connectivity index (χ1) is 11.1. The predicted octanol–water partition coefficient (Wildman–Crippen LogP) is 3.27. The van der Waals surface area contributed by atoms with Gasteiger partial charge in [-0.3, -0.25) is 4.79 Å². The second-order valence-electron chi connectivity index (χ2n) is 5.68. The molecular formula is C18H20N4O. The molecule has 0 bridgehead atoms. The fourth-order valence-corrected chi connectivity index (χ4v) is 2.46. The number of hydrogen-bond acceptors (Lipinski definition) is 3. The third-order valence-corrected chi connectivity index (χ3v) is 4.25. The highest BCUT2D eigenvalue weighted by Gasteiger charge is 2.19. The summed E-state index contributed by atoms with van der Waals surface area (Å²) in [5.41, 5.74) is 3.10. The van der Waals surface area contributed by atoms with Crippen LogP contribution in [0.15, 0.2) is 48.8 Å². The van der Waals surface area contributed by atoms with E-state index < -0.39 is 0 Å². The molecule has 5 heteroatoms. The zero-order valence-electron chi connectivity index (χ0n) is 13.6. The molecule has 3 rings (SSSR count). The van der Waals surface area contributed by atoms with Crippen LogP contribution in [0.2, 0.25) is 0 Å². The summed E-state index contributed by atoms with van der Waals surface area (Å²) in [5, 5.41) is 4.32. The van der Waals surface area contributed by atoms with Gasteiger partial charge in [0.15, 0.2) is 5.65 Å². The van der Waals surface area contributed by atoms with Gasteiger partial charge in [-0.05, 0) is 25.0 Å². The lowest BCUT2D eigenvalue weighted by molar-refractivity contribution is 0.0735. The van der Waals surface area contributed by atoms with Gasteiger partial charge >= 0.3 is 0 Å². The third-order valence-electron chi connectivity index (χ3n) is 4.25. The van der Waals surface area contributed by atoms with Crippen LogP contribution in [0.25, 0.3) is 16.8 Å². The maximum Gasteiger partial charge on any atom is 0.272 e. The molecule has 2 heterocycles. The molecule has 1 unspecified atom stereocenters. The van der Waals surface area contributed by atoms with E-state index in [0.717, 1.165) is 17.5 Å². The van der Waals surface area contributed by atoms with Crippen molar-refractivity contribution < 1.29 is 4.79 Å². The SMILES string of the molecule is CCC(C)N(C)C(=O)c1ccn2ncc(-c3ccccc3)c2n1. The second-order valence-corrected chi connectivity index (χ2v) is 5.68. The Hall–Kier alpha value is -2.69. The topological polar surface area (TPSA) is 50.5 Å². The van der Waals surface area contributed by atoms with Crippen molar-refractivity contribution >= 4 is 11.6 Å². The van der Waals surface area contributed by atoms with E-state index in [1.807, 2.05) is 44.3 Å². The van der Waals surface area contributed by atoms with Crippen molar-refractivity contribution in [2.24, 2.45) is 0 Å².